The van der Waals surface area contributed by atoms with Crippen molar-refractivity contribution in [1.82, 2.24) is 9.99 Å². The first-order chi connectivity index (χ1) is 13.4. The van der Waals surface area contributed by atoms with Crippen LogP contribution in [-0.4, -0.2) is 16.7 Å². The first-order valence-electron chi connectivity index (χ1n) is 9.25. The van der Waals surface area contributed by atoms with Gasteiger partial charge in [-0.3, -0.25) is 4.79 Å². The van der Waals surface area contributed by atoms with Gasteiger partial charge in [0, 0.05) is 17.1 Å². The number of aryl methyl sites for hydroxylation is 2. The lowest BCUT2D eigenvalue weighted by atomic mass is 10.0. The van der Waals surface area contributed by atoms with Gasteiger partial charge < -0.3 is 4.57 Å². The van der Waals surface area contributed by atoms with E-state index in [1.54, 1.807) is 18.3 Å². The number of hydrogen-bond donors (Lipinski definition) is 1. The van der Waals surface area contributed by atoms with Crippen molar-refractivity contribution >= 4 is 23.7 Å². The predicted molar refractivity (Wildman–Crippen MR) is 116 cm³/mol. The molecule has 0 atom stereocenters. The molecule has 2 aromatic carbocycles. The minimum atomic E-state index is -0.340. The number of carbonyl (C=O) groups is 1. The molecule has 0 spiro atoms. The molecule has 1 N–H and O–H groups in total. The van der Waals surface area contributed by atoms with Gasteiger partial charge in [0.1, 0.15) is 0 Å². The SMILES string of the molecule is Cc1ccc(C)n1-c1ccc(C(=O)N/N=C\c2ccc(C(C)C)cc2)c(Cl)c1. The third-order valence-corrected chi connectivity index (χ3v) is 5.02. The molecule has 3 aromatic rings. The maximum Gasteiger partial charge on any atom is 0.272 e. The predicted octanol–water partition coefficient (Wildman–Crippen LogP) is 5.63. The number of aromatic nitrogens is 1. The first kappa shape index (κ1) is 19.9. The van der Waals surface area contributed by atoms with Crippen LogP contribution in [0.3, 0.4) is 0 Å². The fraction of sp³-hybridized carbons (Fsp3) is 0.217. The molecule has 0 radical (unpaired) electrons. The number of nitrogens with zero attached hydrogens (tertiary/aromatic N) is 2. The van der Waals surface area contributed by atoms with Gasteiger partial charge in [-0.1, -0.05) is 49.7 Å². The third-order valence-electron chi connectivity index (χ3n) is 4.71. The summed E-state index contributed by atoms with van der Waals surface area (Å²) in [6, 6.07) is 17.6. The van der Waals surface area contributed by atoms with E-state index in [9.17, 15) is 4.79 Å². The average Bonchev–Trinajstić information content (AvgIpc) is 3.00. The second-order valence-corrected chi connectivity index (χ2v) is 7.54. The molecule has 0 saturated carbocycles. The standard InChI is InChI=1S/C23H24ClN3O/c1-15(2)19-9-7-18(8-10-19)14-25-26-23(28)21-12-11-20(13-22(21)24)27-16(3)5-6-17(27)4/h5-15H,1-4H3,(H,26,28)/b25-14-. The summed E-state index contributed by atoms with van der Waals surface area (Å²) in [5, 5.41) is 4.43. The van der Waals surface area contributed by atoms with Crippen LogP contribution in [-0.2, 0) is 0 Å². The second kappa shape index (κ2) is 8.44. The van der Waals surface area contributed by atoms with Crippen LogP contribution in [0.5, 0.6) is 0 Å². The van der Waals surface area contributed by atoms with Gasteiger partial charge >= 0.3 is 0 Å². The van der Waals surface area contributed by atoms with Gasteiger partial charge in [0.25, 0.3) is 5.91 Å². The van der Waals surface area contributed by atoms with E-state index in [1.165, 1.54) is 5.56 Å². The largest absolute Gasteiger partial charge is 0.318 e. The first-order valence-corrected chi connectivity index (χ1v) is 9.63. The van der Waals surface area contributed by atoms with Crippen molar-refractivity contribution in [3.8, 4) is 5.69 Å². The fourth-order valence-electron chi connectivity index (χ4n) is 3.10. The Hall–Kier alpha value is -2.85. The van der Waals surface area contributed by atoms with Crippen LogP contribution < -0.4 is 5.43 Å². The summed E-state index contributed by atoms with van der Waals surface area (Å²) < 4.78 is 2.09. The monoisotopic (exact) mass is 393 g/mol. The van der Waals surface area contributed by atoms with E-state index < -0.39 is 0 Å². The number of halogens is 1. The molecular formula is C23H24ClN3O. The topological polar surface area (TPSA) is 46.4 Å². The lowest BCUT2D eigenvalue weighted by Crippen LogP contribution is -2.18. The van der Waals surface area contributed by atoms with E-state index in [2.05, 4.69) is 41.1 Å². The summed E-state index contributed by atoms with van der Waals surface area (Å²) in [7, 11) is 0. The number of nitrogens with one attached hydrogen (secondary N) is 1. The molecule has 0 bridgehead atoms. The van der Waals surface area contributed by atoms with E-state index in [0.29, 0.717) is 16.5 Å². The van der Waals surface area contributed by atoms with Crippen molar-refractivity contribution in [3.63, 3.8) is 0 Å². The molecule has 3 rings (SSSR count). The van der Waals surface area contributed by atoms with Crippen LogP contribution >= 0.6 is 11.6 Å². The van der Waals surface area contributed by atoms with Crippen molar-refractivity contribution in [3.05, 3.63) is 87.7 Å². The van der Waals surface area contributed by atoms with Crippen molar-refractivity contribution < 1.29 is 4.79 Å². The number of benzene rings is 2. The normalized spacial score (nSPS) is 11.4. The minimum Gasteiger partial charge on any atom is -0.318 e. The molecule has 1 aromatic heterocycles. The number of hydrazone groups is 1. The van der Waals surface area contributed by atoms with E-state index in [4.69, 9.17) is 11.6 Å². The average molecular weight is 394 g/mol. The Balaban J connectivity index is 1.71. The Morgan fingerprint density at radius 1 is 1.04 bits per heavy atom. The smallest absolute Gasteiger partial charge is 0.272 e. The molecule has 0 saturated heterocycles. The minimum absolute atomic E-state index is 0.340. The quantitative estimate of drug-likeness (QED) is 0.442. The highest BCUT2D eigenvalue weighted by Crippen LogP contribution is 2.23. The van der Waals surface area contributed by atoms with Gasteiger partial charge in [0.2, 0.25) is 0 Å². The highest BCUT2D eigenvalue weighted by molar-refractivity contribution is 6.34. The summed E-state index contributed by atoms with van der Waals surface area (Å²) in [6.45, 7) is 8.36. The van der Waals surface area contributed by atoms with E-state index in [0.717, 1.165) is 22.6 Å². The van der Waals surface area contributed by atoms with Gasteiger partial charge in [-0.2, -0.15) is 5.10 Å². The fourth-order valence-corrected chi connectivity index (χ4v) is 3.36. The number of rotatable bonds is 5. The zero-order valence-corrected chi connectivity index (χ0v) is 17.3. The Kier molecular flexibility index (Phi) is 6.00. The Morgan fingerprint density at radius 2 is 1.68 bits per heavy atom. The van der Waals surface area contributed by atoms with Crippen molar-refractivity contribution in [2.24, 2.45) is 5.10 Å². The molecule has 1 amide bonds. The molecule has 144 valence electrons. The van der Waals surface area contributed by atoms with Crippen LogP contribution in [0.25, 0.3) is 5.69 Å². The van der Waals surface area contributed by atoms with Crippen LogP contribution in [0.2, 0.25) is 5.02 Å². The molecule has 28 heavy (non-hydrogen) atoms. The van der Waals surface area contributed by atoms with Crippen molar-refractivity contribution in [2.45, 2.75) is 33.6 Å². The van der Waals surface area contributed by atoms with E-state index >= 15 is 0 Å². The lowest BCUT2D eigenvalue weighted by Gasteiger charge is -2.11. The van der Waals surface area contributed by atoms with Gasteiger partial charge in [-0.25, -0.2) is 5.43 Å². The molecule has 0 fully saturated rings. The summed E-state index contributed by atoms with van der Waals surface area (Å²) in [4.78, 5) is 12.4. The molecule has 1 heterocycles. The number of hydrogen-bond acceptors (Lipinski definition) is 2. The highest BCUT2D eigenvalue weighted by atomic mass is 35.5. The van der Waals surface area contributed by atoms with Crippen molar-refractivity contribution in [1.29, 1.82) is 0 Å². The number of amides is 1. The van der Waals surface area contributed by atoms with Gasteiger partial charge in [0.15, 0.2) is 0 Å². The Bertz CT molecular complexity index is 997. The molecule has 4 nitrogen and oxygen atoms in total. The highest BCUT2D eigenvalue weighted by Gasteiger charge is 2.12. The summed E-state index contributed by atoms with van der Waals surface area (Å²) in [5.41, 5.74) is 8.26. The summed E-state index contributed by atoms with van der Waals surface area (Å²) >= 11 is 6.36. The van der Waals surface area contributed by atoms with Crippen LogP contribution in [0.1, 0.15) is 52.6 Å². The van der Waals surface area contributed by atoms with Gasteiger partial charge in [0.05, 0.1) is 16.8 Å². The van der Waals surface area contributed by atoms with Gasteiger partial charge in [-0.15, -0.1) is 0 Å². The molecule has 0 aliphatic rings. The third kappa shape index (κ3) is 4.34. The van der Waals surface area contributed by atoms with Crippen LogP contribution in [0, 0.1) is 13.8 Å². The van der Waals surface area contributed by atoms with Crippen LogP contribution in [0.4, 0.5) is 0 Å². The summed E-state index contributed by atoms with van der Waals surface area (Å²) in [5.74, 6) is 0.141. The molecule has 0 aliphatic heterocycles. The summed E-state index contributed by atoms with van der Waals surface area (Å²) in [6.07, 6.45) is 1.62. The zero-order valence-electron chi connectivity index (χ0n) is 16.5. The van der Waals surface area contributed by atoms with Crippen molar-refractivity contribution in [2.75, 3.05) is 0 Å². The zero-order chi connectivity index (χ0) is 20.3. The Morgan fingerprint density at radius 3 is 2.25 bits per heavy atom. The molecule has 0 aliphatic carbocycles. The maximum absolute atomic E-state index is 12.4. The van der Waals surface area contributed by atoms with Gasteiger partial charge in [-0.05, 0) is 61.2 Å². The van der Waals surface area contributed by atoms with E-state index in [1.807, 2.05) is 44.2 Å². The second-order valence-electron chi connectivity index (χ2n) is 7.14. The molecular weight excluding hydrogens is 370 g/mol. The lowest BCUT2D eigenvalue weighted by molar-refractivity contribution is 0.0955. The molecule has 5 heteroatoms. The number of carbonyl (C=O) groups excluding carboxylic acids is 1. The Labute approximate surface area is 170 Å². The van der Waals surface area contributed by atoms with Crippen LogP contribution in [0.15, 0.2) is 59.7 Å². The van der Waals surface area contributed by atoms with E-state index in [-0.39, 0.29) is 5.91 Å². The molecule has 0 unspecified atom stereocenters. The maximum atomic E-state index is 12.4.